The van der Waals surface area contributed by atoms with Gasteiger partial charge in [-0.15, -0.1) is 0 Å². The first kappa shape index (κ1) is 17.5. The largest absolute Gasteiger partial charge is 0.336 e. The summed E-state index contributed by atoms with van der Waals surface area (Å²) in [5, 5.41) is 3.52. The molecule has 2 amide bonds. The monoisotopic (exact) mass is 369 g/mol. The minimum absolute atomic E-state index is 0.0142. The van der Waals surface area contributed by atoms with E-state index in [4.69, 9.17) is 28.9 Å². The zero-order valence-electron chi connectivity index (χ0n) is 13.5. The molecule has 2 aliphatic rings. The maximum absolute atomic E-state index is 12.7. The molecule has 5 nitrogen and oxygen atoms in total. The van der Waals surface area contributed by atoms with Crippen LogP contribution < -0.4 is 11.1 Å². The van der Waals surface area contributed by atoms with E-state index in [0.29, 0.717) is 27.6 Å². The number of hydrogen-bond acceptors (Lipinski definition) is 3. The van der Waals surface area contributed by atoms with Gasteiger partial charge in [-0.1, -0.05) is 23.2 Å². The van der Waals surface area contributed by atoms with Crippen LogP contribution in [0.1, 0.15) is 19.3 Å². The van der Waals surface area contributed by atoms with Crippen LogP contribution in [0.25, 0.3) is 0 Å². The molecule has 0 aromatic heterocycles. The van der Waals surface area contributed by atoms with Crippen molar-refractivity contribution < 1.29 is 9.59 Å². The molecule has 130 valence electrons. The smallest absolute Gasteiger partial charge is 0.243 e. The first-order valence-corrected chi connectivity index (χ1v) is 8.88. The van der Waals surface area contributed by atoms with E-state index >= 15 is 0 Å². The number of halogens is 2. The molecule has 3 N–H and O–H groups in total. The number of nitrogens with two attached hydrogens (primary N) is 1. The Kier molecular flexibility index (Phi) is 5.04. The Balaban J connectivity index is 1.57. The molecule has 3 rings (SSSR count). The molecule has 0 radical (unpaired) electrons. The predicted molar refractivity (Wildman–Crippen MR) is 95.0 cm³/mol. The molecule has 4 atom stereocenters. The number of carbonyl (C=O) groups excluding carboxylic acids is 2. The van der Waals surface area contributed by atoms with E-state index in [1.54, 1.807) is 25.2 Å². The van der Waals surface area contributed by atoms with Gasteiger partial charge in [0.2, 0.25) is 11.8 Å². The van der Waals surface area contributed by atoms with Gasteiger partial charge in [0, 0.05) is 18.8 Å². The van der Waals surface area contributed by atoms with Crippen molar-refractivity contribution in [1.82, 2.24) is 4.90 Å². The quantitative estimate of drug-likeness (QED) is 0.856. The second kappa shape index (κ2) is 6.90. The number of rotatable bonds is 4. The number of nitrogens with one attached hydrogen (secondary N) is 1. The van der Waals surface area contributed by atoms with E-state index in [9.17, 15) is 9.59 Å². The van der Waals surface area contributed by atoms with E-state index in [-0.39, 0.29) is 30.3 Å². The van der Waals surface area contributed by atoms with E-state index in [0.717, 1.165) is 19.3 Å². The number of anilines is 1. The van der Waals surface area contributed by atoms with Gasteiger partial charge in [0.1, 0.15) is 0 Å². The lowest BCUT2D eigenvalue weighted by Crippen LogP contribution is -2.47. The third kappa shape index (κ3) is 3.39. The van der Waals surface area contributed by atoms with Gasteiger partial charge in [-0.3, -0.25) is 9.59 Å². The average Bonchev–Trinajstić information content (AvgIpc) is 3.11. The first-order chi connectivity index (χ1) is 11.4. The third-order valence-corrected chi connectivity index (χ3v) is 5.97. The highest BCUT2D eigenvalue weighted by molar-refractivity contribution is 6.42. The van der Waals surface area contributed by atoms with Gasteiger partial charge >= 0.3 is 0 Å². The van der Waals surface area contributed by atoms with Crippen LogP contribution in [0.4, 0.5) is 5.69 Å². The summed E-state index contributed by atoms with van der Waals surface area (Å²) in [4.78, 5) is 26.3. The molecular formula is C17H21Cl2N3O2. The van der Waals surface area contributed by atoms with Crippen LogP contribution in [-0.4, -0.2) is 36.3 Å². The Morgan fingerprint density at radius 1 is 1.25 bits per heavy atom. The number of nitrogens with zero attached hydrogens (tertiary/aromatic N) is 1. The lowest BCUT2D eigenvalue weighted by Gasteiger charge is -2.30. The SMILES string of the molecule is CN(CC(=O)Nc1ccc(Cl)c(Cl)c1)C(=O)C1C2CCC(C2)C1N. The third-order valence-electron chi connectivity index (χ3n) is 5.23. The molecule has 1 aromatic rings. The normalized spacial score (nSPS) is 28.0. The van der Waals surface area contributed by atoms with E-state index in [1.807, 2.05) is 0 Å². The number of likely N-dealkylation sites (N-methyl/N-ethyl adjacent to an activating group) is 1. The maximum Gasteiger partial charge on any atom is 0.243 e. The summed E-state index contributed by atoms with van der Waals surface area (Å²) in [6.45, 7) is -0.0142. The highest BCUT2D eigenvalue weighted by Crippen LogP contribution is 2.48. The standard InChI is InChI=1S/C17H21Cl2N3O2/c1-22(17(24)15-9-2-3-10(6-9)16(15)20)8-14(23)21-11-4-5-12(18)13(19)7-11/h4-5,7,9-10,15-16H,2-3,6,8,20H2,1H3,(H,21,23). The maximum atomic E-state index is 12.7. The fourth-order valence-corrected chi connectivity index (χ4v) is 4.32. The minimum atomic E-state index is -0.277. The lowest BCUT2D eigenvalue weighted by molar-refractivity contribution is -0.138. The molecule has 0 heterocycles. The van der Waals surface area contributed by atoms with Crippen LogP contribution in [0.2, 0.25) is 10.0 Å². The number of hydrogen-bond donors (Lipinski definition) is 2. The zero-order valence-corrected chi connectivity index (χ0v) is 15.0. The fourth-order valence-electron chi connectivity index (χ4n) is 4.02. The molecule has 2 fully saturated rings. The van der Waals surface area contributed by atoms with Crippen molar-refractivity contribution in [3.8, 4) is 0 Å². The first-order valence-electron chi connectivity index (χ1n) is 8.12. The molecule has 0 aliphatic heterocycles. The van der Waals surface area contributed by atoms with Crippen molar-refractivity contribution in [2.75, 3.05) is 18.9 Å². The van der Waals surface area contributed by atoms with Gasteiger partial charge in [0.25, 0.3) is 0 Å². The summed E-state index contributed by atoms with van der Waals surface area (Å²) in [5.41, 5.74) is 6.76. The summed E-state index contributed by atoms with van der Waals surface area (Å²) in [5.74, 6) is 0.381. The topological polar surface area (TPSA) is 75.4 Å². The number of fused-ring (bicyclic) bond motifs is 2. The highest BCUT2D eigenvalue weighted by Gasteiger charge is 2.49. The van der Waals surface area contributed by atoms with E-state index in [2.05, 4.69) is 5.32 Å². The number of carbonyl (C=O) groups is 2. The zero-order chi connectivity index (χ0) is 17.4. The molecular weight excluding hydrogens is 349 g/mol. The van der Waals surface area contributed by atoms with Crippen LogP contribution in [0.5, 0.6) is 0 Å². The van der Waals surface area contributed by atoms with Crippen molar-refractivity contribution in [3.05, 3.63) is 28.2 Å². The minimum Gasteiger partial charge on any atom is -0.336 e. The highest BCUT2D eigenvalue weighted by atomic mass is 35.5. The van der Waals surface area contributed by atoms with Gasteiger partial charge in [-0.05, 0) is 49.3 Å². The Hall–Kier alpha value is -1.30. The van der Waals surface area contributed by atoms with Gasteiger partial charge < -0.3 is 16.0 Å². The Morgan fingerprint density at radius 2 is 1.96 bits per heavy atom. The van der Waals surface area contributed by atoms with Crippen LogP contribution in [-0.2, 0) is 9.59 Å². The second-order valence-corrected chi connectivity index (χ2v) is 7.62. The summed E-state index contributed by atoms with van der Waals surface area (Å²) in [6.07, 6.45) is 3.23. The molecule has 1 aromatic carbocycles. The Labute approximate surface area is 151 Å². The van der Waals surface area contributed by atoms with Gasteiger partial charge in [-0.2, -0.15) is 0 Å². The molecule has 24 heavy (non-hydrogen) atoms. The summed E-state index contributed by atoms with van der Waals surface area (Å²) in [6, 6.07) is 4.79. The van der Waals surface area contributed by atoms with E-state index in [1.165, 1.54) is 4.90 Å². The van der Waals surface area contributed by atoms with Gasteiger partial charge in [-0.25, -0.2) is 0 Å². The number of benzene rings is 1. The summed E-state index contributed by atoms with van der Waals surface area (Å²) in [7, 11) is 1.65. The number of amides is 2. The predicted octanol–water partition coefficient (Wildman–Crippen LogP) is 2.76. The van der Waals surface area contributed by atoms with Gasteiger partial charge in [0.05, 0.1) is 22.5 Å². The lowest BCUT2D eigenvalue weighted by atomic mass is 9.84. The summed E-state index contributed by atoms with van der Waals surface area (Å²) < 4.78 is 0. The summed E-state index contributed by atoms with van der Waals surface area (Å²) >= 11 is 11.8. The molecule has 7 heteroatoms. The molecule has 2 aliphatic carbocycles. The molecule has 2 bridgehead atoms. The van der Waals surface area contributed by atoms with Crippen molar-refractivity contribution in [3.63, 3.8) is 0 Å². The van der Waals surface area contributed by atoms with Crippen LogP contribution in [0.3, 0.4) is 0 Å². The Bertz CT molecular complexity index is 665. The molecule has 0 saturated heterocycles. The molecule has 2 saturated carbocycles. The van der Waals surface area contributed by atoms with Crippen molar-refractivity contribution in [1.29, 1.82) is 0 Å². The van der Waals surface area contributed by atoms with Gasteiger partial charge in [0.15, 0.2) is 0 Å². The second-order valence-electron chi connectivity index (χ2n) is 6.81. The Morgan fingerprint density at radius 3 is 2.58 bits per heavy atom. The molecule has 0 spiro atoms. The van der Waals surface area contributed by atoms with E-state index < -0.39 is 0 Å². The average molecular weight is 370 g/mol. The van der Waals surface area contributed by atoms with Crippen LogP contribution in [0.15, 0.2) is 18.2 Å². The van der Waals surface area contributed by atoms with Crippen molar-refractivity contribution >= 4 is 40.7 Å². The van der Waals surface area contributed by atoms with Crippen molar-refractivity contribution in [2.24, 2.45) is 23.5 Å². The molecule has 4 unspecified atom stereocenters. The van der Waals surface area contributed by atoms with Crippen LogP contribution in [0, 0.1) is 17.8 Å². The van der Waals surface area contributed by atoms with Crippen molar-refractivity contribution in [2.45, 2.75) is 25.3 Å². The van der Waals surface area contributed by atoms with Crippen LogP contribution >= 0.6 is 23.2 Å². The fraction of sp³-hybridized carbons (Fsp3) is 0.529.